The predicted molar refractivity (Wildman–Crippen MR) is 268 cm³/mol. The van der Waals surface area contributed by atoms with Crippen LogP contribution in [-0.2, 0) is 12.8 Å². The van der Waals surface area contributed by atoms with Crippen LogP contribution in [0.1, 0.15) is 63.6 Å². The second kappa shape index (κ2) is 19.1. The van der Waals surface area contributed by atoms with E-state index in [1.54, 1.807) is 0 Å². The molecule has 3 aliphatic rings. The highest BCUT2D eigenvalue weighted by atomic mass is 32.1. The van der Waals surface area contributed by atoms with Crippen molar-refractivity contribution in [2.24, 2.45) is 17.8 Å². The number of nitrogens with zero attached hydrogens (tertiary/aromatic N) is 2. The highest BCUT2D eigenvalue weighted by Gasteiger charge is 2.30. The molecule has 0 amide bonds. The summed E-state index contributed by atoms with van der Waals surface area (Å²) in [5.74, 6) is 1.43. The maximum absolute atomic E-state index is 5.25. The Kier molecular flexibility index (Phi) is 13.1. The van der Waals surface area contributed by atoms with Crippen LogP contribution in [0.3, 0.4) is 0 Å². The van der Waals surface area contributed by atoms with Gasteiger partial charge in [-0.2, -0.15) is 0 Å². The van der Waals surface area contributed by atoms with E-state index in [-0.39, 0.29) is 7.43 Å². The van der Waals surface area contributed by atoms with Crippen molar-refractivity contribution in [3.8, 4) is 0 Å². The summed E-state index contributed by atoms with van der Waals surface area (Å²) in [6.45, 7) is 4.74. The number of allylic oxidation sites excluding steroid dienone is 11. The SMILES string of the molecule is C.CC1C=C2C=CCC(/C=C/C=C(\S)c3ccc4c(N(c5ccccc5)c5ccccc5)c5c(c(N(c6ccccc6)c6ccccc6)c4c3)CC(C)C/C=C\C5)C2=CCC1. The minimum Gasteiger partial charge on any atom is -0.310 e. The Hall–Kier alpha value is -6.03. The monoisotopic (exact) mass is 814 g/mol. The molecule has 0 aromatic heterocycles. The summed E-state index contributed by atoms with van der Waals surface area (Å²) in [5.41, 5.74) is 13.7. The zero-order valence-corrected chi connectivity index (χ0v) is 35.7. The third kappa shape index (κ3) is 8.90. The Bertz CT molecular complexity index is 2550. The van der Waals surface area contributed by atoms with Gasteiger partial charge in [-0.05, 0) is 139 Å². The Morgan fingerprint density at radius 1 is 0.639 bits per heavy atom. The van der Waals surface area contributed by atoms with Crippen LogP contribution in [-0.4, -0.2) is 0 Å². The molecule has 0 radical (unpaired) electrons. The van der Waals surface area contributed by atoms with Gasteiger partial charge in [-0.3, -0.25) is 0 Å². The van der Waals surface area contributed by atoms with E-state index in [1.165, 1.54) is 50.8 Å². The van der Waals surface area contributed by atoms with E-state index in [4.69, 9.17) is 12.6 Å². The van der Waals surface area contributed by atoms with Crippen molar-refractivity contribution in [3.63, 3.8) is 0 Å². The van der Waals surface area contributed by atoms with Crippen molar-refractivity contribution in [1.82, 2.24) is 0 Å². The largest absolute Gasteiger partial charge is 0.310 e. The summed E-state index contributed by atoms with van der Waals surface area (Å²) < 4.78 is 0. The average molecular weight is 815 g/mol. The van der Waals surface area contributed by atoms with Crippen molar-refractivity contribution >= 4 is 62.4 Å². The first-order chi connectivity index (χ1) is 29.5. The van der Waals surface area contributed by atoms with Crippen LogP contribution in [0.15, 0.2) is 205 Å². The molecule has 6 aromatic carbocycles. The standard InChI is InChI=1S/C57H54N2S.CH4/c1-41-21-17-34-50-43(22-18-24-44(50)38-41)23-19-35-55(60)45-36-37-52-54(40-45)57(59(48-29-11-5-12-30-48)49-31-13-6-14-32-49)53-39-42(2)20-15-16-33-51(53)56(52)58(46-25-7-3-8-26-46)47-27-9-4-10-28-47;/h3-16,18-19,23-32,34-38,40-43,60H,17,20-22,33,39H2,1-2H3;1H4/b16-15-,23-19+,55-35-;. The number of hydrogen-bond acceptors (Lipinski definition) is 3. The fourth-order valence-electron chi connectivity index (χ4n) is 9.40. The minimum atomic E-state index is 0. The van der Waals surface area contributed by atoms with Gasteiger partial charge < -0.3 is 9.80 Å². The van der Waals surface area contributed by atoms with Crippen molar-refractivity contribution in [2.75, 3.05) is 9.80 Å². The maximum atomic E-state index is 5.25. The van der Waals surface area contributed by atoms with Gasteiger partial charge in [0.25, 0.3) is 0 Å². The smallest absolute Gasteiger partial charge is 0.0579 e. The Morgan fingerprint density at radius 3 is 1.80 bits per heavy atom. The van der Waals surface area contributed by atoms with E-state index in [0.29, 0.717) is 17.8 Å². The first-order valence-corrected chi connectivity index (χ1v) is 22.2. The van der Waals surface area contributed by atoms with E-state index in [9.17, 15) is 0 Å². The van der Waals surface area contributed by atoms with Crippen LogP contribution in [0.4, 0.5) is 34.1 Å². The van der Waals surface area contributed by atoms with Gasteiger partial charge in [-0.1, -0.05) is 155 Å². The van der Waals surface area contributed by atoms with Gasteiger partial charge in [0, 0.05) is 44.3 Å². The first-order valence-electron chi connectivity index (χ1n) is 21.8. The minimum absolute atomic E-state index is 0. The molecule has 306 valence electrons. The molecular formula is C58H58N2S. The second-order valence-corrected chi connectivity index (χ2v) is 17.1. The Labute approximate surface area is 370 Å². The molecule has 6 aromatic rings. The normalized spacial score (nSPS) is 19.3. The van der Waals surface area contributed by atoms with Crippen LogP contribution >= 0.6 is 12.6 Å². The number of fused-ring (bicyclic) bond motifs is 3. The van der Waals surface area contributed by atoms with Gasteiger partial charge in [0.1, 0.15) is 0 Å². The summed E-state index contributed by atoms with van der Waals surface area (Å²) in [5, 5.41) is 2.41. The first kappa shape index (κ1) is 41.7. The number of rotatable bonds is 9. The van der Waals surface area contributed by atoms with Crippen LogP contribution in [0.2, 0.25) is 0 Å². The quantitative estimate of drug-likeness (QED) is 0.0672. The molecule has 61 heavy (non-hydrogen) atoms. The van der Waals surface area contributed by atoms with E-state index in [1.807, 2.05) is 0 Å². The molecular weight excluding hydrogens is 757 g/mol. The Balaban J connectivity index is 0.00000514. The molecule has 0 N–H and O–H groups in total. The fourth-order valence-corrected chi connectivity index (χ4v) is 9.63. The van der Waals surface area contributed by atoms with Gasteiger partial charge in [0.15, 0.2) is 0 Å². The van der Waals surface area contributed by atoms with Gasteiger partial charge in [0.05, 0.1) is 11.4 Å². The van der Waals surface area contributed by atoms with Gasteiger partial charge in [-0.25, -0.2) is 0 Å². The van der Waals surface area contributed by atoms with Crippen molar-refractivity contribution in [2.45, 2.75) is 59.8 Å². The third-order valence-electron chi connectivity index (χ3n) is 12.3. The molecule has 0 heterocycles. The van der Waals surface area contributed by atoms with E-state index in [0.717, 1.165) is 65.3 Å². The van der Waals surface area contributed by atoms with Crippen LogP contribution < -0.4 is 9.80 Å². The topological polar surface area (TPSA) is 6.48 Å². The zero-order valence-electron chi connectivity index (χ0n) is 34.8. The average Bonchev–Trinajstić information content (AvgIpc) is 3.48. The van der Waals surface area contributed by atoms with E-state index < -0.39 is 0 Å². The van der Waals surface area contributed by atoms with Crippen molar-refractivity contribution in [1.29, 1.82) is 0 Å². The van der Waals surface area contributed by atoms with Crippen molar-refractivity contribution in [3.05, 3.63) is 222 Å². The lowest BCUT2D eigenvalue weighted by molar-refractivity contribution is 0.584. The highest BCUT2D eigenvalue weighted by molar-refractivity contribution is 7.90. The van der Waals surface area contributed by atoms with Gasteiger partial charge in [-0.15, -0.1) is 12.6 Å². The lowest BCUT2D eigenvalue weighted by Crippen LogP contribution is -2.20. The molecule has 0 fully saturated rings. The highest BCUT2D eigenvalue weighted by Crippen LogP contribution is 2.51. The zero-order chi connectivity index (χ0) is 40.8. The van der Waals surface area contributed by atoms with Gasteiger partial charge >= 0.3 is 0 Å². The number of hydrogen-bond donors (Lipinski definition) is 1. The molecule has 0 bridgehead atoms. The molecule has 0 aliphatic heterocycles. The summed E-state index contributed by atoms with van der Waals surface area (Å²) >= 11 is 5.25. The fraction of sp³-hybridized carbons (Fsp3) is 0.207. The summed E-state index contributed by atoms with van der Waals surface area (Å²) in [4.78, 5) is 5.94. The second-order valence-electron chi connectivity index (χ2n) is 16.7. The molecule has 9 rings (SSSR count). The molecule has 3 aliphatic carbocycles. The van der Waals surface area contributed by atoms with Crippen molar-refractivity contribution < 1.29 is 0 Å². The van der Waals surface area contributed by atoms with Crippen LogP contribution in [0.25, 0.3) is 15.7 Å². The molecule has 3 unspecified atom stereocenters. The molecule has 0 saturated carbocycles. The summed E-state index contributed by atoms with van der Waals surface area (Å²) in [6, 6.07) is 50.6. The summed E-state index contributed by atoms with van der Waals surface area (Å²) in [7, 11) is 0. The number of thiol groups is 1. The Morgan fingerprint density at radius 2 is 1.21 bits per heavy atom. The lowest BCUT2D eigenvalue weighted by atomic mass is 9.84. The summed E-state index contributed by atoms with van der Waals surface area (Å²) in [6.07, 6.45) is 27.4. The molecule has 0 saturated heterocycles. The maximum Gasteiger partial charge on any atom is 0.0579 e. The van der Waals surface area contributed by atoms with Crippen LogP contribution in [0.5, 0.6) is 0 Å². The predicted octanol–water partition coefficient (Wildman–Crippen LogP) is 16.8. The van der Waals surface area contributed by atoms with E-state index >= 15 is 0 Å². The third-order valence-corrected chi connectivity index (χ3v) is 12.7. The van der Waals surface area contributed by atoms with E-state index in [2.05, 4.69) is 218 Å². The number of anilines is 6. The van der Waals surface area contributed by atoms with Crippen LogP contribution in [0, 0.1) is 17.8 Å². The number of para-hydroxylation sites is 4. The molecule has 3 heteroatoms. The molecule has 3 atom stereocenters. The van der Waals surface area contributed by atoms with Gasteiger partial charge in [0.2, 0.25) is 0 Å². The molecule has 0 spiro atoms. The number of benzene rings is 6. The molecule has 2 nitrogen and oxygen atoms in total. The lowest BCUT2D eigenvalue weighted by Gasteiger charge is -2.36.